The molecule has 1 aromatic heterocycles. The second-order valence-electron chi connectivity index (χ2n) is 6.83. The maximum atomic E-state index is 12.7. The van der Waals surface area contributed by atoms with E-state index >= 15 is 0 Å². The van der Waals surface area contributed by atoms with Crippen molar-refractivity contribution in [3.05, 3.63) is 70.7 Å². The van der Waals surface area contributed by atoms with Crippen molar-refractivity contribution in [2.24, 2.45) is 0 Å². The monoisotopic (exact) mass is 424 g/mol. The van der Waals surface area contributed by atoms with Crippen LogP contribution in [0.4, 0.5) is 4.79 Å². The summed E-state index contributed by atoms with van der Waals surface area (Å²) >= 11 is 6.10. The van der Waals surface area contributed by atoms with Gasteiger partial charge in [0.15, 0.2) is 0 Å². The Kier molecular flexibility index (Phi) is 5.46. The molecule has 1 aliphatic heterocycles. The maximum Gasteiger partial charge on any atom is 0.322 e. The highest BCUT2D eigenvalue weighted by Crippen LogP contribution is 2.37. The number of hydrogen-bond donors (Lipinski definition) is 1. The zero-order chi connectivity index (χ0) is 21.3. The Labute approximate surface area is 179 Å². The van der Waals surface area contributed by atoms with Gasteiger partial charge in [-0.1, -0.05) is 41.0 Å². The summed E-state index contributed by atoms with van der Waals surface area (Å²) in [6.45, 7) is 4.32. The number of amides is 2. The van der Waals surface area contributed by atoms with Gasteiger partial charge in [-0.15, -0.1) is 0 Å². The van der Waals surface area contributed by atoms with Gasteiger partial charge in [-0.25, -0.2) is 4.79 Å². The first-order chi connectivity index (χ1) is 14.5. The number of methoxy groups -OCH3 is 1. The molecule has 0 aliphatic carbocycles. The Balaban J connectivity index is 1.80. The first-order valence-electron chi connectivity index (χ1n) is 9.54. The van der Waals surface area contributed by atoms with E-state index in [9.17, 15) is 4.79 Å². The van der Waals surface area contributed by atoms with E-state index in [1.807, 2.05) is 50.2 Å². The van der Waals surface area contributed by atoms with E-state index < -0.39 is 6.04 Å². The minimum absolute atomic E-state index is 0.172. The molecule has 1 aliphatic rings. The van der Waals surface area contributed by atoms with Crippen LogP contribution < -0.4 is 10.1 Å². The Bertz CT molecular complexity index is 1110. The summed E-state index contributed by atoms with van der Waals surface area (Å²) < 4.78 is 10.9. The van der Waals surface area contributed by atoms with Crippen LogP contribution in [0.5, 0.6) is 5.75 Å². The SMILES string of the molecule is CCN1C(=O)NC(c2ccc(OC)cc2)C(c2nc(-c3cccc(Cl)c3)no2)=C1C. The van der Waals surface area contributed by atoms with Crippen molar-refractivity contribution in [1.29, 1.82) is 0 Å². The molecule has 30 heavy (non-hydrogen) atoms. The first-order valence-corrected chi connectivity index (χ1v) is 9.92. The van der Waals surface area contributed by atoms with Gasteiger partial charge in [0.05, 0.1) is 18.7 Å². The number of nitrogens with one attached hydrogen (secondary N) is 1. The average molecular weight is 425 g/mol. The Morgan fingerprint density at radius 3 is 2.67 bits per heavy atom. The summed E-state index contributed by atoms with van der Waals surface area (Å²) in [5, 5.41) is 7.77. The van der Waals surface area contributed by atoms with Crippen LogP contribution in [0, 0.1) is 0 Å². The minimum Gasteiger partial charge on any atom is -0.497 e. The average Bonchev–Trinajstić information content (AvgIpc) is 3.23. The number of aromatic nitrogens is 2. The van der Waals surface area contributed by atoms with Gasteiger partial charge in [-0.05, 0) is 43.7 Å². The number of urea groups is 1. The lowest BCUT2D eigenvalue weighted by atomic mass is 9.94. The third kappa shape index (κ3) is 3.64. The van der Waals surface area contributed by atoms with E-state index in [0.29, 0.717) is 23.3 Å². The number of ether oxygens (including phenoxy) is 1. The fourth-order valence-electron chi connectivity index (χ4n) is 3.56. The molecule has 2 aromatic carbocycles. The van der Waals surface area contributed by atoms with Gasteiger partial charge >= 0.3 is 6.03 Å². The fraction of sp³-hybridized carbons (Fsp3) is 0.227. The number of rotatable bonds is 5. The second kappa shape index (κ2) is 8.20. The number of nitrogens with zero attached hydrogens (tertiary/aromatic N) is 3. The zero-order valence-corrected chi connectivity index (χ0v) is 17.6. The highest BCUT2D eigenvalue weighted by Gasteiger charge is 2.35. The topological polar surface area (TPSA) is 80.5 Å². The summed E-state index contributed by atoms with van der Waals surface area (Å²) in [4.78, 5) is 18.9. The molecule has 0 saturated heterocycles. The molecule has 2 amide bonds. The Hall–Kier alpha value is -3.32. The van der Waals surface area contributed by atoms with Crippen LogP contribution in [-0.2, 0) is 0 Å². The normalized spacial score (nSPS) is 16.6. The van der Waals surface area contributed by atoms with E-state index in [2.05, 4.69) is 15.5 Å². The zero-order valence-electron chi connectivity index (χ0n) is 16.8. The van der Waals surface area contributed by atoms with Crippen LogP contribution in [0.3, 0.4) is 0 Å². The van der Waals surface area contributed by atoms with Crippen LogP contribution in [0.25, 0.3) is 17.0 Å². The van der Waals surface area contributed by atoms with Gasteiger partial charge in [0.2, 0.25) is 5.82 Å². The molecule has 2 heterocycles. The molecule has 0 spiro atoms. The number of carbonyl (C=O) groups excluding carboxylic acids is 1. The van der Waals surface area contributed by atoms with Gasteiger partial charge in [-0.2, -0.15) is 4.98 Å². The summed E-state index contributed by atoms with van der Waals surface area (Å²) in [5.74, 6) is 1.52. The van der Waals surface area contributed by atoms with Gasteiger partial charge in [0.1, 0.15) is 5.75 Å². The molecular formula is C22H21ClN4O3. The lowest BCUT2D eigenvalue weighted by molar-refractivity contribution is 0.207. The third-order valence-electron chi connectivity index (χ3n) is 5.10. The standard InChI is InChI=1S/C22H21ClN4O3/c1-4-27-13(2)18(19(24-22(27)28)14-8-10-17(29-3)11-9-14)21-25-20(26-30-21)15-6-5-7-16(23)12-15/h5-12,19H,4H2,1-3H3,(H,24,28). The quantitative estimate of drug-likeness (QED) is 0.629. The van der Waals surface area contributed by atoms with Gasteiger partial charge < -0.3 is 14.6 Å². The van der Waals surface area contributed by atoms with E-state index in [1.165, 1.54) is 0 Å². The first kappa shape index (κ1) is 20.0. The van der Waals surface area contributed by atoms with Gasteiger partial charge in [-0.3, -0.25) is 4.90 Å². The number of allylic oxidation sites excluding steroid dienone is 1. The van der Waals surface area contributed by atoms with Crippen molar-refractivity contribution in [2.45, 2.75) is 19.9 Å². The molecule has 0 bridgehead atoms. The molecule has 7 nitrogen and oxygen atoms in total. The minimum atomic E-state index is -0.432. The smallest absolute Gasteiger partial charge is 0.322 e. The van der Waals surface area contributed by atoms with Crippen LogP contribution in [0.1, 0.15) is 31.3 Å². The summed E-state index contributed by atoms with van der Waals surface area (Å²) in [6, 6.07) is 14.2. The predicted molar refractivity (Wildman–Crippen MR) is 114 cm³/mol. The van der Waals surface area contributed by atoms with Crippen molar-refractivity contribution >= 4 is 23.2 Å². The van der Waals surface area contributed by atoms with Gasteiger partial charge in [0.25, 0.3) is 5.89 Å². The van der Waals surface area contributed by atoms with Crippen LogP contribution in [-0.4, -0.2) is 34.7 Å². The van der Waals surface area contributed by atoms with E-state index in [0.717, 1.165) is 28.1 Å². The van der Waals surface area contributed by atoms with Crippen molar-refractivity contribution in [3.63, 3.8) is 0 Å². The van der Waals surface area contributed by atoms with Gasteiger partial charge in [0, 0.05) is 22.8 Å². The molecular weight excluding hydrogens is 404 g/mol. The predicted octanol–water partition coefficient (Wildman–Crippen LogP) is 4.92. The molecule has 0 fully saturated rings. The third-order valence-corrected chi connectivity index (χ3v) is 5.34. The van der Waals surface area contributed by atoms with Crippen molar-refractivity contribution in [3.8, 4) is 17.1 Å². The van der Waals surface area contributed by atoms with Crippen LogP contribution in [0.2, 0.25) is 5.02 Å². The summed E-state index contributed by atoms with van der Waals surface area (Å²) in [5.41, 5.74) is 3.16. The molecule has 1 unspecified atom stereocenters. The van der Waals surface area contributed by atoms with Crippen molar-refractivity contribution in [2.75, 3.05) is 13.7 Å². The molecule has 3 aromatic rings. The fourth-order valence-corrected chi connectivity index (χ4v) is 3.75. The molecule has 0 radical (unpaired) electrons. The second-order valence-corrected chi connectivity index (χ2v) is 7.27. The van der Waals surface area contributed by atoms with E-state index in [-0.39, 0.29) is 6.03 Å². The van der Waals surface area contributed by atoms with Crippen LogP contribution >= 0.6 is 11.6 Å². The molecule has 154 valence electrons. The molecule has 1 atom stereocenters. The number of benzene rings is 2. The van der Waals surface area contributed by atoms with Crippen molar-refractivity contribution < 1.29 is 14.1 Å². The number of hydrogen-bond acceptors (Lipinski definition) is 5. The van der Waals surface area contributed by atoms with Crippen LogP contribution in [0.15, 0.2) is 58.8 Å². The number of halogens is 1. The van der Waals surface area contributed by atoms with E-state index in [1.54, 1.807) is 24.1 Å². The number of carbonyl (C=O) groups is 1. The highest BCUT2D eigenvalue weighted by molar-refractivity contribution is 6.30. The molecule has 1 N–H and O–H groups in total. The molecule has 8 heteroatoms. The van der Waals surface area contributed by atoms with E-state index in [4.69, 9.17) is 20.9 Å². The summed E-state index contributed by atoms with van der Waals surface area (Å²) in [7, 11) is 1.61. The Morgan fingerprint density at radius 1 is 1.23 bits per heavy atom. The lowest BCUT2D eigenvalue weighted by Crippen LogP contribution is -2.45. The molecule has 4 rings (SSSR count). The lowest BCUT2D eigenvalue weighted by Gasteiger charge is -2.34. The molecule has 0 saturated carbocycles. The summed E-state index contributed by atoms with van der Waals surface area (Å²) in [6.07, 6.45) is 0. The Morgan fingerprint density at radius 2 is 2.00 bits per heavy atom. The maximum absolute atomic E-state index is 12.7. The highest BCUT2D eigenvalue weighted by atomic mass is 35.5. The largest absolute Gasteiger partial charge is 0.497 e. The van der Waals surface area contributed by atoms with Crippen molar-refractivity contribution in [1.82, 2.24) is 20.4 Å².